The number of benzene rings is 2. The topological polar surface area (TPSA) is 73.9 Å². The van der Waals surface area contributed by atoms with E-state index in [0.717, 1.165) is 5.56 Å². The first kappa shape index (κ1) is 19.6. The number of methoxy groups -OCH3 is 1. The summed E-state index contributed by atoms with van der Waals surface area (Å²) in [4.78, 5) is 24.1. The highest BCUT2D eigenvalue weighted by atomic mass is 35.5. The summed E-state index contributed by atoms with van der Waals surface area (Å²) in [6.45, 7) is 3.75. The number of amides is 1. The molecule has 0 spiro atoms. The van der Waals surface area contributed by atoms with Crippen LogP contribution in [0.2, 0.25) is 5.02 Å². The van der Waals surface area contributed by atoms with E-state index >= 15 is 0 Å². The predicted octanol–water partition coefficient (Wildman–Crippen LogP) is 3.85. The molecule has 0 aromatic heterocycles. The minimum Gasteiger partial charge on any atom is -0.493 e. The van der Waals surface area contributed by atoms with E-state index in [4.69, 9.17) is 25.8 Å². The van der Waals surface area contributed by atoms with E-state index in [0.29, 0.717) is 28.8 Å². The van der Waals surface area contributed by atoms with Gasteiger partial charge in [0.15, 0.2) is 18.1 Å². The molecule has 138 valence electrons. The summed E-state index contributed by atoms with van der Waals surface area (Å²) in [6.07, 6.45) is 0. The maximum absolute atomic E-state index is 12.1. The first-order chi connectivity index (χ1) is 12.4. The van der Waals surface area contributed by atoms with Crippen molar-refractivity contribution in [3.05, 3.63) is 52.5 Å². The number of carbonyl (C=O) groups excluding carboxylic acids is 2. The number of hydrogen-bond acceptors (Lipinski definition) is 5. The van der Waals surface area contributed by atoms with Crippen molar-refractivity contribution in [2.75, 3.05) is 25.6 Å². The van der Waals surface area contributed by atoms with Gasteiger partial charge in [0.1, 0.15) is 0 Å². The maximum Gasteiger partial charge on any atom is 0.338 e. The molecule has 0 saturated heterocycles. The van der Waals surface area contributed by atoms with Crippen molar-refractivity contribution < 1.29 is 23.8 Å². The van der Waals surface area contributed by atoms with Crippen LogP contribution >= 0.6 is 11.6 Å². The average molecular weight is 378 g/mol. The molecule has 1 N–H and O–H groups in total. The zero-order chi connectivity index (χ0) is 19.1. The number of aryl methyl sites for hydroxylation is 1. The average Bonchev–Trinajstić information content (AvgIpc) is 2.63. The van der Waals surface area contributed by atoms with Gasteiger partial charge in [-0.1, -0.05) is 17.7 Å². The van der Waals surface area contributed by atoms with Crippen LogP contribution < -0.4 is 14.8 Å². The largest absolute Gasteiger partial charge is 0.493 e. The fourth-order valence-corrected chi connectivity index (χ4v) is 2.37. The number of esters is 1. The first-order valence-electron chi connectivity index (χ1n) is 7.98. The van der Waals surface area contributed by atoms with E-state index in [1.807, 2.05) is 13.8 Å². The van der Waals surface area contributed by atoms with Gasteiger partial charge >= 0.3 is 5.97 Å². The second kappa shape index (κ2) is 9.10. The summed E-state index contributed by atoms with van der Waals surface area (Å²) in [5.41, 5.74) is 1.68. The van der Waals surface area contributed by atoms with Crippen molar-refractivity contribution in [2.45, 2.75) is 13.8 Å². The second-order valence-corrected chi connectivity index (χ2v) is 5.82. The number of halogens is 1. The van der Waals surface area contributed by atoms with Crippen molar-refractivity contribution in [3.63, 3.8) is 0 Å². The predicted molar refractivity (Wildman–Crippen MR) is 99.3 cm³/mol. The van der Waals surface area contributed by atoms with Crippen molar-refractivity contribution in [1.29, 1.82) is 0 Å². The van der Waals surface area contributed by atoms with Crippen LogP contribution in [0.25, 0.3) is 0 Å². The Labute approximate surface area is 157 Å². The van der Waals surface area contributed by atoms with Gasteiger partial charge in [-0.25, -0.2) is 4.79 Å². The van der Waals surface area contributed by atoms with Gasteiger partial charge in [0.05, 0.1) is 19.3 Å². The Hall–Kier alpha value is -2.73. The molecule has 1 amide bonds. The number of hydrogen-bond donors (Lipinski definition) is 1. The fraction of sp³-hybridized carbons (Fsp3) is 0.263. The number of anilines is 1. The Morgan fingerprint density at radius 3 is 2.58 bits per heavy atom. The van der Waals surface area contributed by atoms with Gasteiger partial charge in [0, 0.05) is 10.7 Å². The molecular weight excluding hydrogens is 358 g/mol. The standard InChI is InChI=1S/C19H20ClNO5/c1-4-25-16-8-6-13(9-17(16)24-3)19(23)26-11-18(22)21-15-10-14(20)7-5-12(15)2/h5-10H,4,11H2,1-3H3,(H,21,22). The Morgan fingerprint density at radius 1 is 1.12 bits per heavy atom. The Bertz CT molecular complexity index is 807. The van der Waals surface area contributed by atoms with Gasteiger partial charge in [0.25, 0.3) is 5.91 Å². The number of nitrogens with one attached hydrogen (secondary N) is 1. The summed E-state index contributed by atoms with van der Waals surface area (Å²) in [7, 11) is 1.48. The molecule has 2 rings (SSSR count). The van der Waals surface area contributed by atoms with E-state index in [-0.39, 0.29) is 5.56 Å². The zero-order valence-electron chi connectivity index (χ0n) is 14.8. The van der Waals surface area contributed by atoms with Gasteiger partial charge in [0.2, 0.25) is 0 Å². The molecule has 0 bridgehead atoms. The van der Waals surface area contributed by atoms with Crippen LogP contribution in [0.5, 0.6) is 11.5 Å². The van der Waals surface area contributed by atoms with Gasteiger partial charge in [-0.15, -0.1) is 0 Å². The van der Waals surface area contributed by atoms with Gasteiger partial charge in [-0.05, 0) is 49.7 Å². The van der Waals surface area contributed by atoms with Crippen molar-refractivity contribution in [2.24, 2.45) is 0 Å². The molecule has 0 aliphatic carbocycles. The van der Waals surface area contributed by atoms with Crippen LogP contribution in [0.4, 0.5) is 5.69 Å². The number of ether oxygens (including phenoxy) is 3. The maximum atomic E-state index is 12.1. The molecular formula is C19H20ClNO5. The highest BCUT2D eigenvalue weighted by molar-refractivity contribution is 6.31. The molecule has 0 fully saturated rings. The van der Waals surface area contributed by atoms with Crippen molar-refractivity contribution >= 4 is 29.2 Å². The van der Waals surface area contributed by atoms with Crippen molar-refractivity contribution in [1.82, 2.24) is 0 Å². The summed E-state index contributed by atoms with van der Waals surface area (Å²) in [5, 5.41) is 3.17. The van der Waals surface area contributed by atoms with E-state index in [9.17, 15) is 9.59 Å². The Morgan fingerprint density at radius 2 is 1.88 bits per heavy atom. The molecule has 6 nitrogen and oxygen atoms in total. The molecule has 2 aromatic rings. The summed E-state index contributed by atoms with van der Waals surface area (Å²) in [6, 6.07) is 9.82. The zero-order valence-corrected chi connectivity index (χ0v) is 15.6. The lowest BCUT2D eigenvalue weighted by Gasteiger charge is -2.11. The smallest absolute Gasteiger partial charge is 0.338 e. The van der Waals surface area contributed by atoms with Crippen LogP contribution in [-0.2, 0) is 9.53 Å². The molecule has 0 saturated carbocycles. The van der Waals surface area contributed by atoms with E-state index in [1.165, 1.54) is 13.2 Å². The summed E-state index contributed by atoms with van der Waals surface area (Å²) < 4.78 is 15.6. The lowest BCUT2D eigenvalue weighted by molar-refractivity contribution is -0.119. The Balaban J connectivity index is 1.97. The highest BCUT2D eigenvalue weighted by Gasteiger charge is 2.14. The molecule has 2 aromatic carbocycles. The molecule has 0 atom stereocenters. The minimum atomic E-state index is -0.635. The molecule has 0 heterocycles. The van der Waals surface area contributed by atoms with Gasteiger partial charge in [-0.3, -0.25) is 4.79 Å². The molecule has 0 aliphatic heterocycles. The second-order valence-electron chi connectivity index (χ2n) is 5.38. The number of rotatable bonds is 7. The lowest BCUT2D eigenvalue weighted by Crippen LogP contribution is -2.21. The third-order valence-corrected chi connectivity index (χ3v) is 3.74. The van der Waals surface area contributed by atoms with E-state index in [2.05, 4.69) is 5.32 Å². The minimum absolute atomic E-state index is 0.261. The molecule has 0 radical (unpaired) electrons. The molecule has 0 aliphatic rings. The SMILES string of the molecule is CCOc1ccc(C(=O)OCC(=O)Nc2cc(Cl)ccc2C)cc1OC. The monoisotopic (exact) mass is 377 g/mol. The first-order valence-corrected chi connectivity index (χ1v) is 8.36. The van der Waals surface area contributed by atoms with Gasteiger partial charge in [-0.2, -0.15) is 0 Å². The van der Waals surface area contributed by atoms with Gasteiger partial charge < -0.3 is 19.5 Å². The van der Waals surface area contributed by atoms with Crippen LogP contribution in [0.1, 0.15) is 22.8 Å². The van der Waals surface area contributed by atoms with Crippen LogP contribution in [0.3, 0.4) is 0 Å². The van der Waals surface area contributed by atoms with Crippen LogP contribution in [0, 0.1) is 6.92 Å². The highest BCUT2D eigenvalue weighted by Crippen LogP contribution is 2.28. The Kier molecular flexibility index (Phi) is 6.86. The van der Waals surface area contributed by atoms with Crippen molar-refractivity contribution in [3.8, 4) is 11.5 Å². The normalized spacial score (nSPS) is 10.2. The molecule has 26 heavy (non-hydrogen) atoms. The lowest BCUT2D eigenvalue weighted by atomic mass is 10.2. The third-order valence-electron chi connectivity index (χ3n) is 3.51. The number of carbonyl (C=O) groups is 2. The molecule has 7 heteroatoms. The fourth-order valence-electron chi connectivity index (χ4n) is 2.20. The molecule has 0 unspecified atom stereocenters. The third kappa shape index (κ3) is 5.13. The quantitative estimate of drug-likeness (QED) is 0.742. The summed E-state index contributed by atoms with van der Waals surface area (Å²) >= 11 is 5.91. The van der Waals surface area contributed by atoms with Crippen LogP contribution in [-0.4, -0.2) is 32.2 Å². The van der Waals surface area contributed by atoms with Crippen LogP contribution in [0.15, 0.2) is 36.4 Å². The van der Waals surface area contributed by atoms with E-state index < -0.39 is 18.5 Å². The summed E-state index contributed by atoms with van der Waals surface area (Å²) in [5.74, 6) is -0.146. The van der Waals surface area contributed by atoms with E-state index in [1.54, 1.807) is 30.3 Å².